The fourth-order valence-electron chi connectivity index (χ4n) is 5.17. The highest BCUT2D eigenvalue weighted by atomic mass is 16.2. The number of aromatic nitrogens is 3. The Morgan fingerprint density at radius 3 is 2.40 bits per heavy atom. The number of hydrogen-bond acceptors (Lipinski definition) is 6. The maximum atomic E-state index is 13.6. The van der Waals surface area contributed by atoms with Gasteiger partial charge >= 0.3 is 0 Å². The van der Waals surface area contributed by atoms with Gasteiger partial charge in [-0.25, -0.2) is 9.97 Å². The zero-order chi connectivity index (χ0) is 24.4. The van der Waals surface area contributed by atoms with E-state index < -0.39 is 0 Å². The predicted molar refractivity (Wildman–Crippen MR) is 138 cm³/mol. The van der Waals surface area contributed by atoms with Gasteiger partial charge in [0.05, 0.1) is 6.54 Å². The molecule has 0 N–H and O–H groups in total. The third-order valence-corrected chi connectivity index (χ3v) is 7.42. The second kappa shape index (κ2) is 10.2. The van der Waals surface area contributed by atoms with Gasteiger partial charge in [-0.3, -0.25) is 14.2 Å². The van der Waals surface area contributed by atoms with E-state index in [0.29, 0.717) is 36.6 Å². The second-order valence-electron chi connectivity index (χ2n) is 9.68. The lowest BCUT2D eigenvalue weighted by Crippen LogP contribution is -2.51. The number of likely N-dealkylation sites (N-methyl/N-ethyl adjacent to an activating group) is 1. The molecule has 0 saturated carbocycles. The van der Waals surface area contributed by atoms with Crippen molar-refractivity contribution in [2.45, 2.75) is 33.2 Å². The summed E-state index contributed by atoms with van der Waals surface area (Å²) >= 11 is 0. The molecular weight excluding hydrogens is 440 g/mol. The normalized spacial score (nSPS) is 17.8. The number of pyridine rings is 1. The number of rotatable bonds is 5. The Bertz CT molecular complexity index is 1240. The summed E-state index contributed by atoms with van der Waals surface area (Å²) in [6, 6.07) is 12.0. The lowest BCUT2D eigenvalue weighted by Gasteiger charge is -2.38. The van der Waals surface area contributed by atoms with Gasteiger partial charge in [0, 0.05) is 51.4 Å². The van der Waals surface area contributed by atoms with Crippen LogP contribution in [0.5, 0.6) is 0 Å². The predicted octanol–water partition coefficient (Wildman–Crippen LogP) is 2.53. The van der Waals surface area contributed by atoms with E-state index in [2.05, 4.69) is 40.8 Å². The number of fused-ring (bicyclic) bond motifs is 1. The SMILES string of the molecule is CCN1CCN(C(=O)C2CCN(c3nc4cccnc4n(Cc4ccc(C)cc4)c3=O)CC2)CC1. The molecule has 0 unspecified atom stereocenters. The summed E-state index contributed by atoms with van der Waals surface area (Å²) in [5.41, 5.74) is 3.41. The van der Waals surface area contributed by atoms with Crippen molar-refractivity contribution >= 4 is 22.9 Å². The first-order valence-electron chi connectivity index (χ1n) is 12.7. The molecule has 35 heavy (non-hydrogen) atoms. The van der Waals surface area contributed by atoms with Crippen LogP contribution in [-0.2, 0) is 11.3 Å². The zero-order valence-corrected chi connectivity index (χ0v) is 20.7. The summed E-state index contributed by atoms with van der Waals surface area (Å²) < 4.78 is 1.73. The lowest BCUT2D eigenvalue weighted by molar-refractivity contribution is -0.137. The molecule has 0 aliphatic carbocycles. The van der Waals surface area contributed by atoms with Crippen molar-refractivity contribution in [3.8, 4) is 0 Å². The molecule has 2 aliphatic rings. The summed E-state index contributed by atoms with van der Waals surface area (Å²) in [4.78, 5) is 42.4. The zero-order valence-electron chi connectivity index (χ0n) is 20.7. The summed E-state index contributed by atoms with van der Waals surface area (Å²) in [5, 5.41) is 0. The van der Waals surface area contributed by atoms with Crippen LogP contribution in [0.4, 0.5) is 5.82 Å². The number of carbonyl (C=O) groups excluding carboxylic acids is 1. The van der Waals surface area contributed by atoms with Crippen LogP contribution in [0.3, 0.4) is 0 Å². The van der Waals surface area contributed by atoms with Gasteiger partial charge in [0.1, 0.15) is 5.52 Å². The van der Waals surface area contributed by atoms with Crippen LogP contribution in [0.25, 0.3) is 11.2 Å². The minimum atomic E-state index is -0.128. The highest BCUT2D eigenvalue weighted by Crippen LogP contribution is 2.24. The van der Waals surface area contributed by atoms with E-state index >= 15 is 0 Å². The Morgan fingerprint density at radius 2 is 1.71 bits per heavy atom. The number of piperazine rings is 1. The molecule has 2 fully saturated rings. The number of amides is 1. The minimum Gasteiger partial charge on any atom is -0.352 e. The number of piperidine rings is 1. The molecule has 0 bridgehead atoms. The summed E-state index contributed by atoms with van der Waals surface area (Å²) in [6.45, 7) is 10.6. The Balaban J connectivity index is 1.34. The molecule has 1 amide bonds. The molecule has 8 nitrogen and oxygen atoms in total. The first-order chi connectivity index (χ1) is 17.0. The number of nitrogens with zero attached hydrogens (tertiary/aromatic N) is 6. The van der Waals surface area contributed by atoms with Crippen LogP contribution >= 0.6 is 0 Å². The van der Waals surface area contributed by atoms with Gasteiger partial charge in [0.2, 0.25) is 5.91 Å². The highest BCUT2D eigenvalue weighted by Gasteiger charge is 2.31. The third kappa shape index (κ3) is 4.93. The van der Waals surface area contributed by atoms with Crippen LogP contribution in [0.15, 0.2) is 47.4 Å². The quantitative estimate of drug-likeness (QED) is 0.566. The molecule has 184 valence electrons. The van der Waals surface area contributed by atoms with Gasteiger partial charge in [-0.05, 0) is 44.0 Å². The number of aryl methyl sites for hydroxylation is 1. The van der Waals surface area contributed by atoms with E-state index in [1.54, 1.807) is 10.8 Å². The van der Waals surface area contributed by atoms with Crippen LogP contribution in [0.1, 0.15) is 30.9 Å². The average molecular weight is 475 g/mol. The molecular formula is C27H34N6O2. The lowest BCUT2D eigenvalue weighted by atomic mass is 9.95. The number of carbonyl (C=O) groups is 1. The molecule has 3 aromatic rings. The second-order valence-corrected chi connectivity index (χ2v) is 9.68. The standard InChI is InChI=1S/C27H34N6O2/c1-3-30-15-17-32(18-16-30)26(34)22-10-13-31(14-11-22)25-27(35)33(19-21-8-6-20(2)7-9-21)24-23(29-25)5-4-12-28-24/h4-9,12,22H,3,10-11,13-19H2,1-2H3. The Labute approximate surface area is 206 Å². The summed E-state index contributed by atoms with van der Waals surface area (Å²) in [5.74, 6) is 0.754. The average Bonchev–Trinajstić information content (AvgIpc) is 2.91. The molecule has 2 saturated heterocycles. The molecule has 8 heteroatoms. The van der Waals surface area contributed by atoms with Crippen molar-refractivity contribution in [2.75, 3.05) is 50.7 Å². The Hall–Kier alpha value is -3.26. The van der Waals surface area contributed by atoms with E-state index in [1.807, 2.05) is 29.2 Å². The Kier molecular flexibility index (Phi) is 6.81. The van der Waals surface area contributed by atoms with Crippen molar-refractivity contribution in [3.63, 3.8) is 0 Å². The molecule has 2 aliphatic heterocycles. The maximum absolute atomic E-state index is 13.6. The van der Waals surface area contributed by atoms with Crippen molar-refractivity contribution in [1.82, 2.24) is 24.3 Å². The van der Waals surface area contributed by atoms with E-state index in [-0.39, 0.29) is 17.4 Å². The van der Waals surface area contributed by atoms with Crippen molar-refractivity contribution in [3.05, 3.63) is 64.1 Å². The first-order valence-corrected chi connectivity index (χ1v) is 12.7. The van der Waals surface area contributed by atoms with Gasteiger partial charge in [0.15, 0.2) is 11.5 Å². The fraction of sp³-hybridized carbons (Fsp3) is 0.481. The molecule has 0 radical (unpaired) electrons. The molecule has 0 spiro atoms. The van der Waals surface area contributed by atoms with Gasteiger partial charge in [-0.1, -0.05) is 36.8 Å². The van der Waals surface area contributed by atoms with Crippen LogP contribution in [0.2, 0.25) is 0 Å². The number of anilines is 1. The van der Waals surface area contributed by atoms with Crippen LogP contribution < -0.4 is 10.5 Å². The number of benzene rings is 1. The molecule has 1 aromatic carbocycles. The van der Waals surface area contributed by atoms with Crippen molar-refractivity contribution in [1.29, 1.82) is 0 Å². The van der Waals surface area contributed by atoms with Crippen LogP contribution in [-0.4, -0.2) is 76.1 Å². The first kappa shape index (κ1) is 23.5. The van der Waals surface area contributed by atoms with E-state index in [0.717, 1.165) is 51.1 Å². The topological polar surface area (TPSA) is 74.6 Å². The highest BCUT2D eigenvalue weighted by molar-refractivity contribution is 5.79. The van der Waals surface area contributed by atoms with E-state index in [4.69, 9.17) is 4.98 Å². The van der Waals surface area contributed by atoms with Crippen molar-refractivity contribution in [2.24, 2.45) is 5.92 Å². The largest absolute Gasteiger partial charge is 0.352 e. The molecule has 5 rings (SSSR count). The molecule has 0 atom stereocenters. The van der Waals surface area contributed by atoms with Crippen molar-refractivity contribution < 1.29 is 4.79 Å². The number of hydrogen-bond donors (Lipinski definition) is 0. The Morgan fingerprint density at radius 1 is 1.00 bits per heavy atom. The van der Waals surface area contributed by atoms with Gasteiger partial charge in [0.25, 0.3) is 5.56 Å². The van der Waals surface area contributed by atoms with E-state index in [1.165, 1.54) is 5.56 Å². The smallest absolute Gasteiger partial charge is 0.295 e. The van der Waals surface area contributed by atoms with Gasteiger partial charge in [-0.2, -0.15) is 0 Å². The van der Waals surface area contributed by atoms with Gasteiger partial charge in [-0.15, -0.1) is 0 Å². The maximum Gasteiger partial charge on any atom is 0.295 e. The van der Waals surface area contributed by atoms with E-state index in [9.17, 15) is 9.59 Å². The third-order valence-electron chi connectivity index (χ3n) is 7.42. The fourth-order valence-corrected chi connectivity index (χ4v) is 5.17. The summed E-state index contributed by atoms with van der Waals surface area (Å²) in [7, 11) is 0. The monoisotopic (exact) mass is 474 g/mol. The molecule has 4 heterocycles. The summed E-state index contributed by atoms with van der Waals surface area (Å²) in [6.07, 6.45) is 3.19. The van der Waals surface area contributed by atoms with Gasteiger partial charge < -0.3 is 14.7 Å². The molecule has 2 aromatic heterocycles. The minimum absolute atomic E-state index is 0.0244. The van der Waals surface area contributed by atoms with Crippen LogP contribution in [0, 0.1) is 12.8 Å².